The molecule has 0 spiro atoms. The predicted molar refractivity (Wildman–Crippen MR) is 68.9 cm³/mol. The van der Waals surface area contributed by atoms with Crippen molar-refractivity contribution in [3.63, 3.8) is 0 Å². The summed E-state index contributed by atoms with van der Waals surface area (Å²) in [6.45, 7) is 2.41. The fraction of sp³-hybridized carbons (Fsp3) is 0.167. The minimum absolute atomic E-state index is 0.449. The molecule has 0 aliphatic heterocycles. The first-order chi connectivity index (χ1) is 8.29. The highest BCUT2D eigenvalue weighted by Gasteiger charge is 2.10. The third-order valence-corrected chi connectivity index (χ3v) is 3.62. The fourth-order valence-corrected chi connectivity index (χ4v) is 2.58. The van der Waals surface area contributed by atoms with Crippen molar-refractivity contribution in [3.05, 3.63) is 41.4 Å². The summed E-state index contributed by atoms with van der Waals surface area (Å²) < 4.78 is 2.00. The van der Waals surface area contributed by atoms with Crippen molar-refractivity contribution >= 4 is 17.0 Å². The number of hydrogen-bond donors (Lipinski definition) is 1. The smallest absolute Gasteiger partial charge is 0.148 e. The van der Waals surface area contributed by atoms with Gasteiger partial charge in [0, 0.05) is 23.8 Å². The Balaban J connectivity index is 2.32. The number of aryl methyl sites for hydroxylation is 1. The molecule has 0 aromatic carbocycles. The molecule has 4 nitrogen and oxygen atoms in total. The number of fused-ring (bicyclic) bond motifs is 1. The number of hydrogen-bond acceptors (Lipinski definition) is 4. The lowest BCUT2D eigenvalue weighted by Crippen LogP contribution is -1.95. The van der Waals surface area contributed by atoms with Crippen LogP contribution in [-0.2, 0) is 6.54 Å². The molecule has 86 valence electrons. The van der Waals surface area contributed by atoms with Gasteiger partial charge >= 0.3 is 0 Å². The second-order valence-corrected chi connectivity index (χ2v) is 4.77. The lowest BCUT2D eigenvalue weighted by molar-refractivity contribution is 0.980. The highest BCUT2D eigenvalue weighted by atomic mass is 32.1. The molecule has 0 aliphatic carbocycles. The van der Waals surface area contributed by atoms with Crippen LogP contribution in [0.5, 0.6) is 0 Å². The van der Waals surface area contributed by atoms with E-state index >= 15 is 0 Å². The molecule has 0 saturated heterocycles. The summed E-state index contributed by atoms with van der Waals surface area (Å²) in [4.78, 5) is 10.1. The fourth-order valence-electron chi connectivity index (χ4n) is 1.85. The first kappa shape index (κ1) is 10.4. The summed E-state index contributed by atoms with van der Waals surface area (Å²) in [6.07, 6.45) is 3.83. The zero-order valence-corrected chi connectivity index (χ0v) is 10.2. The normalized spacial score (nSPS) is 11.2. The molecule has 0 bridgehead atoms. The summed E-state index contributed by atoms with van der Waals surface area (Å²) in [5, 5.41) is 2.05. The maximum absolute atomic E-state index is 5.64. The second kappa shape index (κ2) is 3.94. The number of imidazole rings is 1. The standard InChI is InChI=1S/C12H12N4S/c1-8-14-6-10(11-3-2-4-17-11)12-15-9(5-13)7-16(8)12/h2-4,6-7H,5,13H2,1H3. The topological polar surface area (TPSA) is 56.2 Å². The maximum Gasteiger partial charge on any atom is 0.148 e. The highest BCUT2D eigenvalue weighted by Crippen LogP contribution is 2.28. The SMILES string of the molecule is Cc1ncc(-c2cccs2)c2nc(CN)cn12. The Labute approximate surface area is 103 Å². The second-order valence-electron chi connectivity index (χ2n) is 3.83. The Morgan fingerprint density at radius 3 is 3.06 bits per heavy atom. The summed E-state index contributed by atoms with van der Waals surface area (Å²) in [5.41, 5.74) is 8.52. The van der Waals surface area contributed by atoms with Crippen LogP contribution in [0.15, 0.2) is 29.9 Å². The van der Waals surface area contributed by atoms with Gasteiger partial charge in [0.05, 0.1) is 11.3 Å². The molecule has 0 amide bonds. The van der Waals surface area contributed by atoms with Crippen LogP contribution in [0, 0.1) is 6.92 Å². The van der Waals surface area contributed by atoms with Crippen LogP contribution in [-0.4, -0.2) is 14.4 Å². The molecule has 0 unspecified atom stereocenters. The molecular formula is C12H12N4S. The van der Waals surface area contributed by atoms with Gasteiger partial charge in [-0.3, -0.25) is 4.40 Å². The van der Waals surface area contributed by atoms with Crippen LogP contribution in [0.2, 0.25) is 0 Å². The molecule has 17 heavy (non-hydrogen) atoms. The molecule has 0 fully saturated rings. The summed E-state index contributed by atoms with van der Waals surface area (Å²) >= 11 is 1.69. The molecule has 0 radical (unpaired) electrons. The Kier molecular flexibility index (Phi) is 2.42. The first-order valence-electron chi connectivity index (χ1n) is 5.37. The van der Waals surface area contributed by atoms with Crippen LogP contribution >= 0.6 is 11.3 Å². The van der Waals surface area contributed by atoms with Crippen LogP contribution < -0.4 is 5.73 Å². The minimum Gasteiger partial charge on any atom is -0.325 e. The third kappa shape index (κ3) is 1.64. The Bertz CT molecular complexity index is 655. The summed E-state index contributed by atoms with van der Waals surface area (Å²) in [5.74, 6) is 0.924. The zero-order chi connectivity index (χ0) is 11.8. The Hall–Kier alpha value is -1.72. The van der Waals surface area contributed by atoms with Gasteiger partial charge in [-0.15, -0.1) is 11.3 Å². The van der Waals surface area contributed by atoms with Crippen molar-refractivity contribution < 1.29 is 0 Å². The number of rotatable bonds is 2. The summed E-state index contributed by atoms with van der Waals surface area (Å²) in [7, 11) is 0. The van der Waals surface area contributed by atoms with Gasteiger partial charge in [0.25, 0.3) is 0 Å². The van der Waals surface area contributed by atoms with Gasteiger partial charge in [-0.05, 0) is 18.4 Å². The van der Waals surface area contributed by atoms with E-state index < -0.39 is 0 Å². The van der Waals surface area contributed by atoms with Gasteiger partial charge in [-0.25, -0.2) is 9.97 Å². The van der Waals surface area contributed by atoms with E-state index in [2.05, 4.69) is 21.4 Å². The summed E-state index contributed by atoms with van der Waals surface area (Å²) in [6, 6.07) is 4.11. The van der Waals surface area contributed by atoms with Crippen LogP contribution in [0.4, 0.5) is 0 Å². The van der Waals surface area contributed by atoms with E-state index in [4.69, 9.17) is 5.73 Å². The molecule has 3 aromatic rings. The van der Waals surface area contributed by atoms with Crippen molar-refractivity contribution in [1.82, 2.24) is 14.4 Å². The first-order valence-corrected chi connectivity index (χ1v) is 6.25. The van der Waals surface area contributed by atoms with E-state index in [1.165, 1.54) is 4.88 Å². The highest BCUT2D eigenvalue weighted by molar-refractivity contribution is 7.13. The van der Waals surface area contributed by atoms with Gasteiger partial charge in [0.15, 0.2) is 0 Å². The van der Waals surface area contributed by atoms with Gasteiger partial charge in [0.2, 0.25) is 0 Å². The maximum atomic E-state index is 5.64. The Morgan fingerprint density at radius 2 is 2.35 bits per heavy atom. The van der Waals surface area contributed by atoms with E-state index in [1.54, 1.807) is 11.3 Å². The molecule has 3 rings (SSSR count). The van der Waals surface area contributed by atoms with Gasteiger partial charge in [-0.2, -0.15) is 0 Å². The van der Waals surface area contributed by atoms with Crippen LogP contribution in [0.25, 0.3) is 16.1 Å². The van der Waals surface area contributed by atoms with E-state index in [1.807, 2.05) is 29.8 Å². The average Bonchev–Trinajstić information content (AvgIpc) is 2.98. The molecule has 3 aromatic heterocycles. The molecule has 2 N–H and O–H groups in total. The molecule has 0 atom stereocenters. The van der Waals surface area contributed by atoms with Crippen LogP contribution in [0.3, 0.4) is 0 Å². The largest absolute Gasteiger partial charge is 0.325 e. The molecule has 3 heterocycles. The minimum atomic E-state index is 0.449. The molecule has 0 saturated carbocycles. The number of nitrogens with zero attached hydrogens (tertiary/aromatic N) is 3. The molecule has 5 heteroatoms. The van der Waals surface area contributed by atoms with Crippen molar-refractivity contribution in [1.29, 1.82) is 0 Å². The monoisotopic (exact) mass is 244 g/mol. The van der Waals surface area contributed by atoms with Crippen molar-refractivity contribution in [2.75, 3.05) is 0 Å². The lowest BCUT2D eigenvalue weighted by Gasteiger charge is -2.02. The van der Waals surface area contributed by atoms with Gasteiger partial charge < -0.3 is 5.73 Å². The van der Waals surface area contributed by atoms with Crippen molar-refractivity contribution in [2.24, 2.45) is 5.73 Å². The predicted octanol–water partition coefficient (Wildman–Crippen LogP) is 2.22. The zero-order valence-electron chi connectivity index (χ0n) is 9.42. The van der Waals surface area contributed by atoms with E-state index in [0.29, 0.717) is 6.54 Å². The number of thiophene rings is 1. The average molecular weight is 244 g/mol. The quantitative estimate of drug-likeness (QED) is 0.752. The van der Waals surface area contributed by atoms with Gasteiger partial charge in [-0.1, -0.05) is 6.07 Å². The van der Waals surface area contributed by atoms with E-state index in [-0.39, 0.29) is 0 Å². The molecular weight excluding hydrogens is 232 g/mol. The lowest BCUT2D eigenvalue weighted by atomic mass is 10.2. The van der Waals surface area contributed by atoms with E-state index in [9.17, 15) is 0 Å². The number of nitrogens with two attached hydrogens (primary N) is 1. The third-order valence-electron chi connectivity index (χ3n) is 2.72. The number of aromatic nitrogens is 3. The van der Waals surface area contributed by atoms with Crippen molar-refractivity contribution in [3.8, 4) is 10.4 Å². The van der Waals surface area contributed by atoms with Crippen LogP contribution in [0.1, 0.15) is 11.5 Å². The van der Waals surface area contributed by atoms with E-state index in [0.717, 1.165) is 22.7 Å². The Morgan fingerprint density at radius 1 is 1.47 bits per heavy atom. The molecule has 0 aliphatic rings. The van der Waals surface area contributed by atoms with Crippen molar-refractivity contribution in [2.45, 2.75) is 13.5 Å². The van der Waals surface area contributed by atoms with Gasteiger partial charge in [0.1, 0.15) is 11.5 Å².